The van der Waals surface area contributed by atoms with Gasteiger partial charge in [-0.15, -0.1) is 0 Å². The van der Waals surface area contributed by atoms with Crippen molar-refractivity contribution in [3.8, 4) is 11.1 Å². The zero-order valence-electron chi connectivity index (χ0n) is 19.3. The zero-order valence-corrected chi connectivity index (χ0v) is 19.3. The Kier molecular flexibility index (Phi) is 7.17. The van der Waals surface area contributed by atoms with Gasteiger partial charge < -0.3 is 25.2 Å². The number of hydrogen-bond donors (Lipinski definition) is 3. The Morgan fingerprint density at radius 3 is 2.24 bits per heavy atom. The molecule has 1 aliphatic heterocycles. The van der Waals surface area contributed by atoms with E-state index in [0.717, 1.165) is 22.3 Å². The molecule has 180 valence electrons. The van der Waals surface area contributed by atoms with E-state index >= 15 is 0 Å². The molecule has 0 saturated carbocycles. The number of rotatable bonds is 8. The third-order valence-corrected chi connectivity index (χ3v) is 6.50. The third kappa shape index (κ3) is 5.07. The van der Waals surface area contributed by atoms with Crippen LogP contribution < -0.4 is 10.6 Å². The van der Waals surface area contributed by atoms with Crippen LogP contribution >= 0.6 is 0 Å². The molecule has 3 atom stereocenters. The lowest BCUT2D eigenvalue weighted by Gasteiger charge is -2.23. The average Bonchev–Trinajstić information content (AvgIpc) is 3.43. The highest BCUT2D eigenvalue weighted by Crippen LogP contribution is 2.44. The van der Waals surface area contributed by atoms with Gasteiger partial charge >= 0.3 is 12.1 Å². The summed E-state index contributed by atoms with van der Waals surface area (Å²) in [7, 11) is 0. The Morgan fingerprint density at radius 1 is 1.06 bits per heavy atom. The number of amides is 2. The fourth-order valence-electron chi connectivity index (χ4n) is 4.65. The highest BCUT2D eigenvalue weighted by Gasteiger charge is 2.33. The molecule has 34 heavy (non-hydrogen) atoms. The second kappa shape index (κ2) is 10.3. The number of carboxylic acids is 1. The van der Waals surface area contributed by atoms with Crippen LogP contribution in [0.25, 0.3) is 11.1 Å². The van der Waals surface area contributed by atoms with Crippen LogP contribution in [-0.2, 0) is 19.1 Å². The summed E-state index contributed by atoms with van der Waals surface area (Å²) in [6.07, 6.45) is -0.659. The van der Waals surface area contributed by atoms with Crippen molar-refractivity contribution >= 4 is 18.0 Å². The molecule has 4 rings (SSSR count). The van der Waals surface area contributed by atoms with Gasteiger partial charge in [-0.25, -0.2) is 4.79 Å². The van der Waals surface area contributed by atoms with Crippen molar-refractivity contribution in [2.24, 2.45) is 11.8 Å². The molecule has 2 aliphatic rings. The number of alkyl carbamates (subject to hydrolysis) is 1. The van der Waals surface area contributed by atoms with Gasteiger partial charge in [-0.1, -0.05) is 62.4 Å². The van der Waals surface area contributed by atoms with E-state index in [9.17, 15) is 14.4 Å². The second-order valence-electron chi connectivity index (χ2n) is 9.16. The third-order valence-electron chi connectivity index (χ3n) is 6.50. The maximum Gasteiger partial charge on any atom is 0.407 e. The number of carbonyl (C=O) groups excluding carboxylic acids is 2. The molecule has 0 radical (unpaired) electrons. The van der Waals surface area contributed by atoms with Crippen LogP contribution in [0.4, 0.5) is 4.79 Å². The van der Waals surface area contributed by atoms with Crippen molar-refractivity contribution < 1.29 is 29.0 Å². The number of aliphatic carboxylic acids is 1. The molecule has 3 N–H and O–H groups in total. The molecule has 1 fully saturated rings. The lowest BCUT2D eigenvalue weighted by molar-refractivity contribution is -0.141. The first-order valence-corrected chi connectivity index (χ1v) is 11.6. The fourth-order valence-corrected chi connectivity index (χ4v) is 4.65. The van der Waals surface area contributed by atoms with Gasteiger partial charge in [0.2, 0.25) is 5.91 Å². The molecule has 1 aliphatic carbocycles. The molecule has 1 heterocycles. The summed E-state index contributed by atoms with van der Waals surface area (Å²) >= 11 is 0. The Hall–Kier alpha value is -3.39. The first-order chi connectivity index (χ1) is 16.3. The number of hydrogen-bond acceptors (Lipinski definition) is 5. The number of carboxylic acid groups (broad SMARTS) is 1. The van der Waals surface area contributed by atoms with Crippen molar-refractivity contribution in [2.75, 3.05) is 19.8 Å². The summed E-state index contributed by atoms with van der Waals surface area (Å²) in [4.78, 5) is 36.4. The van der Waals surface area contributed by atoms with Crippen LogP contribution in [0.5, 0.6) is 0 Å². The van der Waals surface area contributed by atoms with Gasteiger partial charge in [0.1, 0.15) is 12.6 Å². The molecule has 0 unspecified atom stereocenters. The predicted octanol–water partition coefficient (Wildman–Crippen LogP) is 3.16. The summed E-state index contributed by atoms with van der Waals surface area (Å²) in [6.45, 7) is 4.17. The van der Waals surface area contributed by atoms with Gasteiger partial charge in [-0.2, -0.15) is 0 Å². The molecule has 0 spiro atoms. The molecule has 2 aromatic carbocycles. The van der Waals surface area contributed by atoms with E-state index in [-0.39, 0.29) is 43.6 Å². The Balaban J connectivity index is 1.32. The van der Waals surface area contributed by atoms with Gasteiger partial charge in [0.25, 0.3) is 0 Å². The largest absolute Gasteiger partial charge is 0.481 e. The van der Waals surface area contributed by atoms with E-state index in [2.05, 4.69) is 22.8 Å². The standard InChI is InChI=1S/C26H30N2O6/c1-15(2)23(24(29)27-12-17-11-16(13-33-17)25(30)31)28-26(32)34-14-22-20-9-5-3-7-18(20)19-8-4-6-10-21(19)22/h3-10,15-17,22-23H,11-14H2,1-2H3,(H,27,29)(H,28,32)(H,30,31)/t16-,17-,23+/m1/s1. The molecular formula is C26H30N2O6. The Morgan fingerprint density at radius 2 is 1.68 bits per heavy atom. The summed E-state index contributed by atoms with van der Waals surface area (Å²) in [5.74, 6) is -2.04. The zero-order chi connectivity index (χ0) is 24.2. The molecule has 2 amide bonds. The molecule has 0 bridgehead atoms. The minimum atomic E-state index is -0.897. The monoisotopic (exact) mass is 466 g/mol. The number of benzene rings is 2. The summed E-state index contributed by atoms with van der Waals surface area (Å²) in [5, 5.41) is 14.5. The van der Waals surface area contributed by atoms with E-state index < -0.39 is 24.0 Å². The molecule has 8 heteroatoms. The Bertz CT molecular complexity index is 1020. The molecule has 8 nitrogen and oxygen atoms in total. The SMILES string of the molecule is CC(C)[C@H](NC(=O)OCC1c2ccccc2-c2ccccc21)C(=O)NC[C@H]1C[C@@H](C(=O)O)CO1. The fraction of sp³-hybridized carbons (Fsp3) is 0.423. The highest BCUT2D eigenvalue weighted by molar-refractivity contribution is 5.86. The molecular weight excluding hydrogens is 436 g/mol. The number of ether oxygens (including phenoxy) is 2. The second-order valence-corrected chi connectivity index (χ2v) is 9.16. The van der Waals surface area contributed by atoms with E-state index in [1.165, 1.54) is 0 Å². The van der Waals surface area contributed by atoms with Crippen LogP contribution in [0.2, 0.25) is 0 Å². The van der Waals surface area contributed by atoms with Gasteiger partial charge in [0, 0.05) is 12.5 Å². The van der Waals surface area contributed by atoms with Crippen LogP contribution in [0.3, 0.4) is 0 Å². The Labute approximate surface area is 198 Å². The van der Waals surface area contributed by atoms with Crippen LogP contribution in [0, 0.1) is 11.8 Å². The maximum absolute atomic E-state index is 12.7. The molecule has 2 aromatic rings. The van der Waals surface area contributed by atoms with Gasteiger partial charge in [-0.05, 0) is 34.6 Å². The van der Waals surface area contributed by atoms with Crippen molar-refractivity contribution in [3.63, 3.8) is 0 Å². The van der Waals surface area contributed by atoms with Gasteiger partial charge in [0.15, 0.2) is 0 Å². The van der Waals surface area contributed by atoms with Crippen LogP contribution in [-0.4, -0.2) is 55.0 Å². The summed E-state index contributed by atoms with van der Waals surface area (Å²) in [5.41, 5.74) is 4.52. The number of carbonyl (C=O) groups is 3. The van der Waals surface area contributed by atoms with E-state index in [1.54, 1.807) is 0 Å². The van der Waals surface area contributed by atoms with Crippen LogP contribution in [0.15, 0.2) is 48.5 Å². The van der Waals surface area contributed by atoms with Gasteiger partial charge in [0.05, 0.1) is 18.6 Å². The topological polar surface area (TPSA) is 114 Å². The van der Waals surface area contributed by atoms with E-state index in [0.29, 0.717) is 6.42 Å². The summed E-state index contributed by atoms with van der Waals surface area (Å²) in [6, 6.07) is 15.4. The van der Waals surface area contributed by atoms with Crippen molar-refractivity contribution in [1.82, 2.24) is 10.6 Å². The lowest BCUT2D eigenvalue weighted by atomic mass is 9.98. The minimum absolute atomic E-state index is 0.0637. The maximum atomic E-state index is 12.7. The average molecular weight is 467 g/mol. The molecule has 0 aromatic heterocycles. The lowest BCUT2D eigenvalue weighted by Crippen LogP contribution is -2.51. The number of fused-ring (bicyclic) bond motifs is 3. The highest BCUT2D eigenvalue weighted by atomic mass is 16.5. The smallest absolute Gasteiger partial charge is 0.407 e. The van der Waals surface area contributed by atoms with Crippen molar-refractivity contribution in [3.05, 3.63) is 59.7 Å². The first-order valence-electron chi connectivity index (χ1n) is 11.6. The van der Waals surface area contributed by atoms with Gasteiger partial charge in [-0.3, -0.25) is 9.59 Å². The molecule has 1 saturated heterocycles. The summed E-state index contributed by atoms with van der Waals surface area (Å²) < 4.78 is 11.0. The van der Waals surface area contributed by atoms with E-state index in [1.807, 2.05) is 50.2 Å². The normalized spacial score (nSPS) is 19.9. The van der Waals surface area contributed by atoms with Crippen molar-refractivity contribution in [2.45, 2.75) is 38.3 Å². The van der Waals surface area contributed by atoms with Crippen LogP contribution in [0.1, 0.15) is 37.3 Å². The quantitative estimate of drug-likeness (QED) is 0.551. The van der Waals surface area contributed by atoms with Crippen molar-refractivity contribution in [1.29, 1.82) is 0 Å². The number of nitrogens with one attached hydrogen (secondary N) is 2. The van der Waals surface area contributed by atoms with E-state index in [4.69, 9.17) is 14.6 Å². The predicted molar refractivity (Wildman–Crippen MR) is 125 cm³/mol. The minimum Gasteiger partial charge on any atom is -0.481 e. The first kappa shape index (κ1) is 23.8.